The summed E-state index contributed by atoms with van der Waals surface area (Å²) in [5, 5.41) is 7.25. The van der Waals surface area contributed by atoms with Crippen molar-refractivity contribution in [1.82, 2.24) is 15.5 Å². The van der Waals surface area contributed by atoms with Gasteiger partial charge in [0.25, 0.3) is 5.91 Å². The highest BCUT2D eigenvalue weighted by Gasteiger charge is 2.30. The zero-order valence-electron chi connectivity index (χ0n) is 15.5. The average Bonchev–Trinajstić information content (AvgIpc) is 3.15. The van der Waals surface area contributed by atoms with E-state index < -0.39 is 23.7 Å². The van der Waals surface area contributed by atoms with E-state index in [1.54, 1.807) is 24.3 Å². The van der Waals surface area contributed by atoms with E-state index in [1.807, 2.05) is 13.8 Å². The summed E-state index contributed by atoms with van der Waals surface area (Å²) >= 11 is 5.87. The van der Waals surface area contributed by atoms with Gasteiger partial charge < -0.3 is 9.84 Å². The molecule has 0 spiro atoms. The van der Waals surface area contributed by atoms with Crippen molar-refractivity contribution in [2.45, 2.75) is 26.1 Å². The van der Waals surface area contributed by atoms with Crippen LogP contribution in [0.2, 0.25) is 5.02 Å². The van der Waals surface area contributed by atoms with Gasteiger partial charge in [-0.05, 0) is 54.4 Å². The molecule has 0 bridgehead atoms. The van der Waals surface area contributed by atoms with Gasteiger partial charge in [-0.15, -0.1) is 0 Å². The third-order valence-corrected chi connectivity index (χ3v) is 4.49. The number of hydrogen-bond donors (Lipinski definition) is 1. The number of aromatic nitrogens is 2. The van der Waals surface area contributed by atoms with Gasteiger partial charge in [-0.2, -0.15) is 18.2 Å². The van der Waals surface area contributed by atoms with Crippen LogP contribution in [-0.2, 0) is 6.18 Å². The number of amides is 1. The molecule has 2 aromatic carbocycles. The highest BCUT2D eigenvalue weighted by atomic mass is 35.5. The smallest absolute Gasteiger partial charge is 0.340 e. The number of carbonyl (C=O) groups excluding carboxylic acids is 1. The number of nitrogens with zero attached hydrogens (tertiary/aromatic N) is 2. The van der Waals surface area contributed by atoms with Crippen LogP contribution >= 0.6 is 11.6 Å². The SMILES string of the molecule is CC(C)[C@H](NC(=O)c1ccc(C(F)(F)F)cc1)c1nc(-c2ccc(Cl)cc2)no1. The first-order valence-electron chi connectivity index (χ1n) is 8.73. The predicted octanol–water partition coefficient (Wildman–Crippen LogP) is 5.54. The molecule has 0 saturated carbocycles. The fourth-order valence-electron chi connectivity index (χ4n) is 2.63. The van der Waals surface area contributed by atoms with Crippen LogP contribution in [0.3, 0.4) is 0 Å². The minimum atomic E-state index is -4.46. The molecule has 1 heterocycles. The lowest BCUT2D eigenvalue weighted by Crippen LogP contribution is -2.32. The molecule has 3 rings (SSSR count). The van der Waals surface area contributed by atoms with E-state index in [2.05, 4.69) is 15.5 Å². The van der Waals surface area contributed by atoms with Crippen molar-refractivity contribution in [3.05, 3.63) is 70.6 Å². The Hall–Kier alpha value is -2.87. The average molecular weight is 424 g/mol. The lowest BCUT2D eigenvalue weighted by Gasteiger charge is -2.18. The van der Waals surface area contributed by atoms with E-state index in [1.165, 1.54) is 0 Å². The Balaban J connectivity index is 1.78. The number of rotatable bonds is 5. The molecule has 1 aromatic heterocycles. The predicted molar refractivity (Wildman–Crippen MR) is 101 cm³/mol. The third-order valence-electron chi connectivity index (χ3n) is 4.24. The second-order valence-electron chi connectivity index (χ2n) is 6.73. The molecule has 5 nitrogen and oxygen atoms in total. The van der Waals surface area contributed by atoms with Gasteiger partial charge in [0, 0.05) is 16.1 Å². The number of carbonyl (C=O) groups is 1. The summed E-state index contributed by atoms with van der Waals surface area (Å²) in [6.07, 6.45) is -4.46. The van der Waals surface area contributed by atoms with Crippen molar-refractivity contribution < 1.29 is 22.5 Å². The van der Waals surface area contributed by atoms with E-state index in [-0.39, 0.29) is 17.4 Å². The molecule has 0 unspecified atom stereocenters. The van der Waals surface area contributed by atoms with Crippen LogP contribution in [0.25, 0.3) is 11.4 Å². The quantitative estimate of drug-likeness (QED) is 0.585. The molecule has 1 atom stereocenters. The van der Waals surface area contributed by atoms with E-state index >= 15 is 0 Å². The lowest BCUT2D eigenvalue weighted by atomic mass is 10.0. The summed E-state index contributed by atoms with van der Waals surface area (Å²) in [6, 6.07) is 10.2. The van der Waals surface area contributed by atoms with Gasteiger partial charge in [-0.3, -0.25) is 4.79 Å². The highest BCUT2D eigenvalue weighted by molar-refractivity contribution is 6.30. The molecular weight excluding hydrogens is 407 g/mol. The van der Waals surface area contributed by atoms with Crippen molar-refractivity contribution in [3.8, 4) is 11.4 Å². The second kappa shape index (κ2) is 8.24. The zero-order chi connectivity index (χ0) is 21.2. The number of halogens is 4. The monoisotopic (exact) mass is 423 g/mol. The number of nitrogens with one attached hydrogen (secondary N) is 1. The maximum absolute atomic E-state index is 12.7. The Morgan fingerprint density at radius 1 is 1.07 bits per heavy atom. The van der Waals surface area contributed by atoms with Gasteiger partial charge in [0.1, 0.15) is 6.04 Å². The Labute approximate surface area is 169 Å². The van der Waals surface area contributed by atoms with Crippen molar-refractivity contribution >= 4 is 17.5 Å². The maximum Gasteiger partial charge on any atom is 0.416 e. The Kier molecular flexibility index (Phi) is 5.93. The van der Waals surface area contributed by atoms with Gasteiger partial charge in [-0.25, -0.2) is 0 Å². The maximum atomic E-state index is 12.7. The van der Waals surface area contributed by atoms with Gasteiger partial charge in [0.2, 0.25) is 11.7 Å². The molecule has 1 N–H and O–H groups in total. The molecule has 3 aromatic rings. The van der Waals surface area contributed by atoms with Crippen LogP contribution < -0.4 is 5.32 Å². The summed E-state index contributed by atoms with van der Waals surface area (Å²) in [6.45, 7) is 3.70. The summed E-state index contributed by atoms with van der Waals surface area (Å²) in [4.78, 5) is 16.9. The minimum Gasteiger partial charge on any atom is -0.340 e. The molecule has 0 radical (unpaired) electrons. The molecule has 0 saturated heterocycles. The van der Waals surface area contributed by atoms with Crippen molar-refractivity contribution in [1.29, 1.82) is 0 Å². The Morgan fingerprint density at radius 3 is 2.24 bits per heavy atom. The van der Waals surface area contributed by atoms with E-state index in [0.29, 0.717) is 16.4 Å². The fraction of sp³-hybridized carbons (Fsp3) is 0.250. The van der Waals surface area contributed by atoms with Crippen molar-refractivity contribution in [3.63, 3.8) is 0 Å². The zero-order valence-corrected chi connectivity index (χ0v) is 16.3. The number of alkyl halides is 3. The molecule has 0 aliphatic rings. The summed E-state index contributed by atoms with van der Waals surface area (Å²) in [5.41, 5.74) is -0.0268. The largest absolute Gasteiger partial charge is 0.416 e. The van der Waals surface area contributed by atoms with Crippen LogP contribution in [0.1, 0.15) is 41.7 Å². The van der Waals surface area contributed by atoms with Crippen LogP contribution in [0.5, 0.6) is 0 Å². The standard InChI is InChI=1S/C20H17ClF3N3O2/c1-11(2)16(19-26-17(27-29-19)12-5-9-15(21)10-6-12)25-18(28)13-3-7-14(8-4-13)20(22,23)24/h3-11,16H,1-2H3,(H,25,28)/t16-/m0/s1. The summed E-state index contributed by atoms with van der Waals surface area (Å²) in [5.74, 6) is -0.105. The Morgan fingerprint density at radius 2 is 1.69 bits per heavy atom. The van der Waals surface area contributed by atoms with Crippen LogP contribution in [-0.4, -0.2) is 16.0 Å². The Bertz CT molecular complexity index is 983. The van der Waals surface area contributed by atoms with Crippen LogP contribution in [0.4, 0.5) is 13.2 Å². The van der Waals surface area contributed by atoms with Crippen molar-refractivity contribution in [2.24, 2.45) is 5.92 Å². The fourth-order valence-corrected chi connectivity index (χ4v) is 2.75. The summed E-state index contributed by atoms with van der Waals surface area (Å²) in [7, 11) is 0. The molecule has 9 heteroatoms. The first-order valence-corrected chi connectivity index (χ1v) is 9.10. The number of benzene rings is 2. The second-order valence-corrected chi connectivity index (χ2v) is 7.17. The van der Waals surface area contributed by atoms with Crippen molar-refractivity contribution in [2.75, 3.05) is 0 Å². The van der Waals surface area contributed by atoms with E-state index in [0.717, 1.165) is 24.3 Å². The topological polar surface area (TPSA) is 68.0 Å². The molecule has 0 fully saturated rings. The van der Waals surface area contributed by atoms with Crippen LogP contribution in [0.15, 0.2) is 53.1 Å². The summed E-state index contributed by atoms with van der Waals surface area (Å²) < 4.78 is 43.4. The molecule has 152 valence electrons. The molecule has 0 aliphatic carbocycles. The third kappa shape index (κ3) is 4.95. The van der Waals surface area contributed by atoms with E-state index in [4.69, 9.17) is 16.1 Å². The van der Waals surface area contributed by atoms with Gasteiger partial charge >= 0.3 is 6.18 Å². The van der Waals surface area contributed by atoms with Crippen LogP contribution in [0, 0.1) is 5.92 Å². The minimum absolute atomic E-state index is 0.0982. The van der Waals surface area contributed by atoms with Gasteiger partial charge in [0.15, 0.2) is 0 Å². The molecular formula is C20H17ClF3N3O2. The number of hydrogen-bond acceptors (Lipinski definition) is 4. The van der Waals surface area contributed by atoms with E-state index in [9.17, 15) is 18.0 Å². The normalized spacial score (nSPS) is 12.8. The first kappa shape index (κ1) is 20.9. The van der Waals surface area contributed by atoms with Gasteiger partial charge in [-0.1, -0.05) is 30.6 Å². The molecule has 1 amide bonds. The highest BCUT2D eigenvalue weighted by Crippen LogP contribution is 2.29. The van der Waals surface area contributed by atoms with Gasteiger partial charge in [0.05, 0.1) is 5.56 Å². The molecule has 29 heavy (non-hydrogen) atoms. The molecule has 0 aliphatic heterocycles. The first-order chi connectivity index (χ1) is 13.6. The lowest BCUT2D eigenvalue weighted by molar-refractivity contribution is -0.137.